The summed E-state index contributed by atoms with van der Waals surface area (Å²) in [5.74, 6) is 0.601. The van der Waals surface area contributed by atoms with Gasteiger partial charge in [0.05, 0.1) is 0 Å². The Bertz CT molecular complexity index is 945. The van der Waals surface area contributed by atoms with E-state index in [1.54, 1.807) is 28.8 Å². The third-order valence-corrected chi connectivity index (χ3v) is 8.52. The van der Waals surface area contributed by atoms with E-state index in [0.29, 0.717) is 5.92 Å². The first-order valence-corrected chi connectivity index (χ1v) is 11.7. The summed E-state index contributed by atoms with van der Waals surface area (Å²) in [6.07, 6.45) is 6.94. The van der Waals surface area contributed by atoms with Crippen molar-refractivity contribution in [1.29, 1.82) is 0 Å². The average molecular weight is 478 g/mol. The van der Waals surface area contributed by atoms with Gasteiger partial charge in [0, 0.05) is 0 Å². The van der Waals surface area contributed by atoms with Crippen molar-refractivity contribution in [1.82, 2.24) is 0 Å². The Hall–Kier alpha value is -0.747. The molecule has 0 saturated heterocycles. The van der Waals surface area contributed by atoms with Crippen molar-refractivity contribution in [2.75, 3.05) is 0 Å². The van der Waals surface area contributed by atoms with Crippen LogP contribution in [0.5, 0.6) is 0 Å². The van der Waals surface area contributed by atoms with E-state index in [4.69, 9.17) is 0 Å². The minimum Gasteiger partial charge on any atom is -0.147 e. The molecule has 0 unspecified atom stereocenters. The fourth-order valence-corrected chi connectivity index (χ4v) is 7.24. The molecule has 2 aromatic carbocycles. The molecule has 0 spiro atoms. The summed E-state index contributed by atoms with van der Waals surface area (Å²) in [6.45, 7) is 9.32. The molecule has 2 aliphatic rings. The molecule has 0 nitrogen and oxygen atoms in total. The van der Waals surface area contributed by atoms with E-state index in [1.165, 1.54) is 16.7 Å². The molecule has 0 aromatic heterocycles. The minimum absolute atomic E-state index is 0. The first-order chi connectivity index (χ1) is 12.1. The average Bonchev–Trinajstić information content (AvgIpc) is 3.19. The van der Waals surface area contributed by atoms with Crippen LogP contribution in [0.2, 0.25) is 0 Å². The molecule has 141 valence electrons. The van der Waals surface area contributed by atoms with Gasteiger partial charge < -0.3 is 0 Å². The zero-order chi connectivity index (χ0) is 17.6. The van der Waals surface area contributed by atoms with E-state index in [2.05, 4.69) is 76.2 Å². The molecule has 2 aliphatic carbocycles. The third-order valence-electron chi connectivity index (χ3n) is 5.28. The molecule has 0 amide bonds. The van der Waals surface area contributed by atoms with Gasteiger partial charge in [-0.2, -0.15) is 0 Å². The fourth-order valence-electron chi connectivity index (χ4n) is 4.18. The van der Waals surface area contributed by atoms with Gasteiger partial charge in [0.1, 0.15) is 0 Å². The van der Waals surface area contributed by atoms with Crippen LogP contribution in [-0.2, 0) is 29.2 Å². The standard InChI is InChI=1S/C21H19.C3H6.2ClH.Zr/c1-14(2)18-8-5-9-19(18)16-10-11-21-17(13-16)12-15-6-3-4-7-20(15)21;1-3-2;;;/h3-8,10-11,14H,9,12H2,1-2H3;1-2H3;2*1H;. The van der Waals surface area contributed by atoms with E-state index in [1.807, 2.05) is 0 Å². The molecule has 0 atom stereocenters. The zero-order valence-corrected chi connectivity index (χ0v) is 20.5. The Balaban J connectivity index is 0.00000131. The Kier molecular flexibility index (Phi) is 7.65. The second kappa shape index (κ2) is 9.17. The van der Waals surface area contributed by atoms with Crippen LogP contribution in [0.15, 0.2) is 54.1 Å². The molecule has 0 aliphatic heterocycles. The van der Waals surface area contributed by atoms with Gasteiger partial charge in [0.25, 0.3) is 0 Å². The van der Waals surface area contributed by atoms with Crippen molar-refractivity contribution >= 4 is 36.9 Å². The monoisotopic (exact) mass is 475 g/mol. The molecule has 0 N–H and O–H groups in total. The van der Waals surface area contributed by atoms with Crippen molar-refractivity contribution in [2.45, 2.75) is 40.5 Å². The molecule has 0 heterocycles. The molecule has 2 aromatic rings. The van der Waals surface area contributed by atoms with E-state index < -0.39 is 22.8 Å². The first-order valence-electron chi connectivity index (χ1n) is 9.27. The van der Waals surface area contributed by atoms with Gasteiger partial charge >= 0.3 is 163 Å². The maximum absolute atomic E-state index is 2.44. The van der Waals surface area contributed by atoms with Crippen LogP contribution < -0.4 is 3.27 Å². The van der Waals surface area contributed by atoms with Crippen LogP contribution in [-0.4, -0.2) is 3.21 Å². The van der Waals surface area contributed by atoms with E-state index in [0.717, 1.165) is 12.8 Å². The molecule has 0 radical (unpaired) electrons. The van der Waals surface area contributed by atoms with Crippen LogP contribution in [0, 0.1) is 5.92 Å². The number of hydrogen-bond donors (Lipinski definition) is 0. The Morgan fingerprint density at radius 1 is 0.926 bits per heavy atom. The number of halogens is 2. The van der Waals surface area contributed by atoms with Gasteiger partial charge in [0.2, 0.25) is 0 Å². The summed E-state index contributed by atoms with van der Waals surface area (Å²) < 4.78 is 3.39. The Morgan fingerprint density at radius 3 is 2.33 bits per heavy atom. The van der Waals surface area contributed by atoms with Gasteiger partial charge in [-0.25, -0.2) is 0 Å². The van der Waals surface area contributed by atoms with Gasteiger partial charge in [-0.1, -0.05) is 0 Å². The quantitative estimate of drug-likeness (QED) is 0.410. The molecule has 3 heteroatoms. The maximum Gasteiger partial charge on any atom is -0.147 e. The summed E-state index contributed by atoms with van der Waals surface area (Å²) in [5.41, 5.74) is 10.8. The smallest absolute Gasteiger partial charge is 0.147 e. The maximum atomic E-state index is 2.44. The predicted octanol–water partition coefficient (Wildman–Crippen LogP) is 6.39. The largest absolute Gasteiger partial charge is 0.147 e. The number of benzene rings is 2. The van der Waals surface area contributed by atoms with Crippen molar-refractivity contribution in [3.05, 3.63) is 70.8 Å². The van der Waals surface area contributed by atoms with Gasteiger partial charge in [-0.15, -0.1) is 24.8 Å². The van der Waals surface area contributed by atoms with Crippen LogP contribution in [0.1, 0.15) is 50.8 Å². The molecular weight excluding hydrogens is 450 g/mol. The van der Waals surface area contributed by atoms with Crippen LogP contribution >= 0.6 is 24.8 Å². The summed E-state index contributed by atoms with van der Waals surface area (Å²) in [7, 11) is 0. The summed E-state index contributed by atoms with van der Waals surface area (Å²) in [6, 6.07) is 13.8. The Morgan fingerprint density at radius 2 is 1.63 bits per heavy atom. The predicted molar refractivity (Wildman–Crippen MR) is 121 cm³/mol. The zero-order valence-electron chi connectivity index (χ0n) is 16.4. The molecule has 0 bridgehead atoms. The summed E-state index contributed by atoms with van der Waals surface area (Å²) in [5, 5.41) is 0. The van der Waals surface area contributed by atoms with Crippen molar-refractivity contribution in [3.63, 3.8) is 0 Å². The van der Waals surface area contributed by atoms with Crippen molar-refractivity contribution in [2.24, 2.45) is 5.92 Å². The van der Waals surface area contributed by atoms with E-state index in [9.17, 15) is 0 Å². The number of hydrogen-bond acceptors (Lipinski definition) is 0. The molecular formula is C24H27Cl2Zr. The van der Waals surface area contributed by atoms with Gasteiger partial charge in [-0.05, 0) is 0 Å². The second-order valence-corrected chi connectivity index (χ2v) is 12.0. The fraction of sp³-hybridized carbons (Fsp3) is 0.292. The molecule has 4 rings (SSSR count). The summed E-state index contributed by atoms with van der Waals surface area (Å²) >= 11 is -0.693. The molecule has 0 fully saturated rings. The van der Waals surface area contributed by atoms with E-state index >= 15 is 0 Å². The van der Waals surface area contributed by atoms with Crippen molar-refractivity contribution in [3.8, 4) is 11.1 Å². The number of allylic oxidation sites excluding steroid dienone is 4. The SMILES string of the molecule is C[C](C)=[Zr][c]1c(C2=C(C(C)C)C=CC2)ccc2c1Cc1ccccc1-2.Cl.Cl. The molecule has 27 heavy (non-hydrogen) atoms. The first kappa shape index (κ1) is 22.5. The number of fused-ring (bicyclic) bond motifs is 3. The summed E-state index contributed by atoms with van der Waals surface area (Å²) in [4.78, 5) is 0. The third kappa shape index (κ3) is 4.17. The van der Waals surface area contributed by atoms with Crippen molar-refractivity contribution < 1.29 is 22.8 Å². The van der Waals surface area contributed by atoms with Gasteiger partial charge in [-0.3, -0.25) is 0 Å². The minimum atomic E-state index is -0.693. The molecule has 0 saturated carbocycles. The van der Waals surface area contributed by atoms with E-state index in [-0.39, 0.29) is 24.8 Å². The topological polar surface area (TPSA) is 0 Å². The normalized spacial score (nSPS) is 13.7. The van der Waals surface area contributed by atoms with Gasteiger partial charge in [0.15, 0.2) is 0 Å². The Labute approximate surface area is 187 Å². The second-order valence-electron chi connectivity index (χ2n) is 7.67. The van der Waals surface area contributed by atoms with Crippen LogP contribution in [0.25, 0.3) is 16.7 Å². The number of rotatable bonds is 3. The van der Waals surface area contributed by atoms with Crippen LogP contribution in [0.4, 0.5) is 0 Å². The van der Waals surface area contributed by atoms with Crippen LogP contribution in [0.3, 0.4) is 0 Å².